The van der Waals surface area contributed by atoms with Crippen molar-refractivity contribution in [2.45, 2.75) is 13.0 Å². The van der Waals surface area contributed by atoms with Crippen LogP contribution in [0.5, 0.6) is 0 Å². The number of carbonyl (C=O) groups excluding carboxylic acids is 1. The van der Waals surface area contributed by atoms with Crippen LogP contribution in [0.1, 0.15) is 11.1 Å². The smallest absolute Gasteiger partial charge is 0.310 e. The number of hydrogen-bond donors (Lipinski definition) is 1. The number of anilines is 1. The summed E-state index contributed by atoms with van der Waals surface area (Å²) in [5, 5.41) is 0. The maximum absolute atomic E-state index is 13.7. The molecular weight excluding hydrogens is 325 g/mol. The summed E-state index contributed by atoms with van der Waals surface area (Å²) in [7, 11) is 0. The molecule has 5 heteroatoms. The Bertz CT molecular complexity index is 631. The molecular formula is C15H13BrFNO2. The molecule has 0 aliphatic rings. The van der Waals surface area contributed by atoms with E-state index in [2.05, 4.69) is 15.9 Å². The Kier molecular flexibility index (Phi) is 4.74. The lowest BCUT2D eigenvalue weighted by molar-refractivity contribution is -0.144. The van der Waals surface area contributed by atoms with Gasteiger partial charge in [-0.05, 0) is 33.6 Å². The zero-order valence-corrected chi connectivity index (χ0v) is 12.2. The molecule has 2 N–H and O–H groups in total. The molecule has 0 aliphatic carbocycles. The summed E-state index contributed by atoms with van der Waals surface area (Å²) in [4.78, 5) is 11.7. The summed E-state index contributed by atoms with van der Waals surface area (Å²) in [6, 6.07) is 11.9. The highest BCUT2D eigenvalue weighted by atomic mass is 79.9. The van der Waals surface area contributed by atoms with Crippen LogP contribution in [-0.2, 0) is 22.6 Å². The van der Waals surface area contributed by atoms with Crippen molar-refractivity contribution in [1.29, 1.82) is 0 Å². The van der Waals surface area contributed by atoms with Crippen LogP contribution in [0, 0.1) is 5.82 Å². The number of benzene rings is 2. The lowest BCUT2D eigenvalue weighted by Gasteiger charge is -2.08. The molecule has 0 heterocycles. The summed E-state index contributed by atoms with van der Waals surface area (Å²) in [6.07, 6.45) is 0.0717. The van der Waals surface area contributed by atoms with Crippen LogP contribution in [-0.4, -0.2) is 5.97 Å². The normalized spacial score (nSPS) is 10.3. The van der Waals surface area contributed by atoms with Gasteiger partial charge in [-0.25, -0.2) is 4.39 Å². The van der Waals surface area contributed by atoms with Gasteiger partial charge in [-0.3, -0.25) is 4.79 Å². The van der Waals surface area contributed by atoms with Gasteiger partial charge in [-0.1, -0.05) is 30.3 Å². The Morgan fingerprint density at radius 2 is 1.85 bits per heavy atom. The van der Waals surface area contributed by atoms with Crippen molar-refractivity contribution in [2.75, 3.05) is 5.73 Å². The molecule has 0 spiro atoms. The maximum atomic E-state index is 13.7. The van der Waals surface area contributed by atoms with Crippen molar-refractivity contribution in [3.05, 3.63) is 63.9 Å². The Balaban J connectivity index is 1.96. The van der Waals surface area contributed by atoms with E-state index in [1.165, 1.54) is 0 Å². The first-order chi connectivity index (χ1) is 9.58. The standard InChI is InChI=1S/C15H13BrFNO2/c16-12-6-3-5-11(15(12)17)9-20-14(19)8-10-4-1-2-7-13(10)18/h1-7H,8-9,18H2. The third kappa shape index (κ3) is 3.57. The van der Waals surface area contributed by atoms with Crippen LogP contribution in [0.4, 0.5) is 10.1 Å². The first kappa shape index (κ1) is 14.5. The van der Waals surface area contributed by atoms with Gasteiger partial charge in [0, 0.05) is 11.3 Å². The Morgan fingerprint density at radius 1 is 1.15 bits per heavy atom. The second kappa shape index (κ2) is 6.52. The molecule has 0 atom stereocenters. The minimum Gasteiger partial charge on any atom is -0.460 e. The molecule has 0 radical (unpaired) electrons. The molecule has 2 rings (SSSR count). The number of para-hydroxylation sites is 1. The average molecular weight is 338 g/mol. The highest BCUT2D eigenvalue weighted by Gasteiger charge is 2.10. The number of esters is 1. The van der Waals surface area contributed by atoms with E-state index in [0.29, 0.717) is 21.3 Å². The topological polar surface area (TPSA) is 52.3 Å². The van der Waals surface area contributed by atoms with Crippen LogP contribution >= 0.6 is 15.9 Å². The summed E-state index contributed by atoms with van der Waals surface area (Å²) in [5.74, 6) is -0.859. The van der Waals surface area contributed by atoms with Crippen LogP contribution in [0.15, 0.2) is 46.9 Å². The molecule has 0 aromatic heterocycles. The molecule has 2 aromatic rings. The van der Waals surface area contributed by atoms with Gasteiger partial charge in [0.25, 0.3) is 0 Å². The van der Waals surface area contributed by atoms with E-state index in [1.54, 1.807) is 42.5 Å². The van der Waals surface area contributed by atoms with Crippen LogP contribution in [0.3, 0.4) is 0 Å². The van der Waals surface area contributed by atoms with Crippen molar-refractivity contribution >= 4 is 27.6 Å². The zero-order valence-electron chi connectivity index (χ0n) is 10.6. The second-order valence-corrected chi connectivity index (χ2v) is 5.10. The van der Waals surface area contributed by atoms with Crippen LogP contribution in [0.2, 0.25) is 0 Å². The quantitative estimate of drug-likeness (QED) is 0.686. The fraction of sp³-hybridized carbons (Fsp3) is 0.133. The molecule has 0 unspecified atom stereocenters. The van der Waals surface area contributed by atoms with E-state index in [-0.39, 0.29) is 13.0 Å². The predicted octanol–water partition coefficient (Wildman–Crippen LogP) is 3.46. The van der Waals surface area contributed by atoms with Crippen molar-refractivity contribution in [2.24, 2.45) is 0 Å². The van der Waals surface area contributed by atoms with E-state index in [9.17, 15) is 9.18 Å². The van der Waals surface area contributed by atoms with Gasteiger partial charge in [-0.2, -0.15) is 0 Å². The zero-order chi connectivity index (χ0) is 14.5. The Hall–Kier alpha value is -1.88. The molecule has 3 nitrogen and oxygen atoms in total. The van der Waals surface area contributed by atoms with Crippen molar-refractivity contribution < 1.29 is 13.9 Å². The third-order valence-corrected chi connectivity index (χ3v) is 3.42. The van der Waals surface area contributed by atoms with Gasteiger partial charge in [0.05, 0.1) is 10.9 Å². The number of rotatable bonds is 4. The van der Waals surface area contributed by atoms with E-state index < -0.39 is 11.8 Å². The minimum atomic E-state index is -0.442. The summed E-state index contributed by atoms with van der Waals surface area (Å²) in [5.41, 5.74) is 7.31. The van der Waals surface area contributed by atoms with Crippen LogP contribution < -0.4 is 5.73 Å². The molecule has 0 bridgehead atoms. The van der Waals surface area contributed by atoms with Crippen molar-refractivity contribution in [3.8, 4) is 0 Å². The van der Waals surface area contributed by atoms with Gasteiger partial charge in [0.2, 0.25) is 0 Å². The lowest BCUT2D eigenvalue weighted by Crippen LogP contribution is -2.10. The highest BCUT2D eigenvalue weighted by molar-refractivity contribution is 9.10. The number of nitrogens with two attached hydrogens (primary N) is 1. The van der Waals surface area contributed by atoms with Gasteiger partial charge in [0.1, 0.15) is 12.4 Å². The number of carbonyl (C=O) groups is 1. The number of nitrogen functional groups attached to an aromatic ring is 1. The summed E-state index contributed by atoms with van der Waals surface area (Å²) >= 11 is 3.08. The number of halogens is 2. The summed E-state index contributed by atoms with van der Waals surface area (Å²) < 4.78 is 19.1. The summed E-state index contributed by atoms with van der Waals surface area (Å²) in [6.45, 7) is -0.100. The minimum absolute atomic E-state index is 0.0717. The number of hydrogen-bond acceptors (Lipinski definition) is 3. The predicted molar refractivity (Wildman–Crippen MR) is 78.5 cm³/mol. The lowest BCUT2D eigenvalue weighted by atomic mass is 10.1. The largest absolute Gasteiger partial charge is 0.460 e. The van der Waals surface area contributed by atoms with Gasteiger partial charge in [0.15, 0.2) is 0 Å². The fourth-order valence-corrected chi connectivity index (χ4v) is 2.13. The molecule has 0 fully saturated rings. The van der Waals surface area contributed by atoms with Crippen molar-refractivity contribution in [3.63, 3.8) is 0 Å². The van der Waals surface area contributed by atoms with Gasteiger partial charge in [-0.15, -0.1) is 0 Å². The maximum Gasteiger partial charge on any atom is 0.310 e. The third-order valence-electron chi connectivity index (χ3n) is 2.81. The second-order valence-electron chi connectivity index (χ2n) is 4.25. The van der Waals surface area contributed by atoms with Gasteiger partial charge >= 0.3 is 5.97 Å². The molecule has 0 aliphatic heterocycles. The van der Waals surface area contributed by atoms with Gasteiger partial charge < -0.3 is 10.5 Å². The van der Waals surface area contributed by atoms with Crippen molar-refractivity contribution in [1.82, 2.24) is 0 Å². The first-order valence-electron chi connectivity index (χ1n) is 6.00. The van der Waals surface area contributed by atoms with E-state index in [0.717, 1.165) is 0 Å². The molecule has 0 amide bonds. The first-order valence-corrected chi connectivity index (χ1v) is 6.79. The molecule has 104 valence electrons. The molecule has 0 saturated heterocycles. The average Bonchev–Trinajstić information content (AvgIpc) is 2.43. The fourth-order valence-electron chi connectivity index (χ4n) is 1.72. The van der Waals surface area contributed by atoms with E-state index in [4.69, 9.17) is 10.5 Å². The Morgan fingerprint density at radius 3 is 2.60 bits per heavy atom. The SMILES string of the molecule is Nc1ccccc1CC(=O)OCc1cccc(Br)c1F. The van der Waals surface area contributed by atoms with Crippen LogP contribution in [0.25, 0.3) is 0 Å². The Labute approximate surface area is 124 Å². The molecule has 0 saturated carbocycles. The number of ether oxygens (including phenoxy) is 1. The van der Waals surface area contributed by atoms with E-state index >= 15 is 0 Å². The molecule has 20 heavy (non-hydrogen) atoms. The monoisotopic (exact) mass is 337 g/mol. The highest BCUT2D eigenvalue weighted by Crippen LogP contribution is 2.19. The molecule has 2 aromatic carbocycles. The van der Waals surface area contributed by atoms with E-state index in [1.807, 2.05) is 0 Å².